The molecule has 0 heterocycles. The second-order valence-electron chi connectivity index (χ2n) is 3.92. The summed E-state index contributed by atoms with van der Waals surface area (Å²) in [6, 6.07) is 12.8. The van der Waals surface area contributed by atoms with Gasteiger partial charge in [0.15, 0.2) is 0 Å². The summed E-state index contributed by atoms with van der Waals surface area (Å²) in [7, 11) is 0. The minimum absolute atomic E-state index is 0.214. The predicted molar refractivity (Wildman–Crippen MR) is 77.4 cm³/mol. The zero-order chi connectivity index (χ0) is 13.0. The Morgan fingerprint density at radius 2 is 1.83 bits per heavy atom. The van der Waals surface area contributed by atoms with Crippen LogP contribution in [0.25, 0.3) is 0 Å². The van der Waals surface area contributed by atoms with Crippen LogP contribution in [0.2, 0.25) is 0 Å². The maximum absolute atomic E-state index is 13.6. The molecule has 0 aliphatic carbocycles. The molecule has 4 heteroatoms. The average Bonchev–Trinajstić information content (AvgIpc) is 2.38. The molecule has 0 spiro atoms. The summed E-state index contributed by atoms with van der Waals surface area (Å²) in [6.45, 7) is 0.458. The minimum Gasteiger partial charge on any atom is -0.381 e. The molecule has 0 saturated carbocycles. The summed E-state index contributed by atoms with van der Waals surface area (Å²) in [5, 5.41) is 3.17. The van der Waals surface area contributed by atoms with Gasteiger partial charge in [-0.3, -0.25) is 0 Å². The van der Waals surface area contributed by atoms with E-state index in [0.717, 1.165) is 15.7 Å². The lowest BCUT2D eigenvalue weighted by atomic mass is 10.2. The molecular weight excluding hydrogens is 317 g/mol. The van der Waals surface area contributed by atoms with E-state index in [1.54, 1.807) is 6.07 Å². The molecule has 0 aromatic heterocycles. The molecule has 0 aliphatic rings. The van der Waals surface area contributed by atoms with E-state index in [1.165, 1.54) is 6.07 Å². The molecule has 0 aliphatic heterocycles. The van der Waals surface area contributed by atoms with Crippen molar-refractivity contribution in [1.82, 2.24) is 0 Å². The Morgan fingerprint density at radius 3 is 2.44 bits per heavy atom. The van der Waals surface area contributed by atoms with Gasteiger partial charge in [-0.15, -0.1) is 11.6 Å². The summed E-state index contributed by atoms with van der Waals surface area (Å²) in [5.41, 5.74) is 2.66. The van der Waals surface area contributed by atoms with Crippen molar-refractivity contribution in [2.24, 2.45) is 0 Å². The zero-order valence-corrected chi connectivity index (χ0v) is 11.9. The molecule has 0 atom stereocenters. The summed E-state index contributed by atoms with van der Waals surface area (Å²) in [5.74, 6) is 0.288. The fourth-order valence-electron chi connectivity index (χ4n) is 1.57. The normalized spacial score (nSPS) is 10.4. The third-order valence-corrected chi connectivity index (χ3v) is 3.41. The lowest BCUT2D eigenvalue weighted by molar-refractivity contribution is 0.612. The predicted octanol–water partition coefficient (Wildman–Crippen LogP) is 4.94. The summed E-state index contributed by atoms with van der Waals surface area (Å²) in [6.07, 6.45) is 0. The highest BCUT2D eigenvalue weighted by molar-refractivity contribution is 9.10. The average molecular weight is 329 g/mol. The Hall–Kier alpha value is -1.06. The van der Waals surface area contributed by atoms with E-state index in [4.69, 9.17) is 11.6 Å². The number of anilines is 1. The summed E-state index contributed by atoms with van der Waals surface area (Å²) >= 11 is 8.95. The third kappa shape index (κ3) is 3.47. The number of halogens is 3. The van der Waals surface area contributed by atoms with Crippen LogP contribution in [0.4, 0.5) is 10.1 Å². The zero-order valence-electron chi connectivity index (χ0n) is 9.59. The van der Waals surface area contributed by atoms with Gasteiger partial charge in [-0.2, -0.15) is 0 Å². The number of alkyl halides is 1. The number of hydrogen-bond acceptors (Lipinski definition) is 1. The first-order valence-electron chi connectivity index (χ1n) is 5.52. The molecule has 0 saturated heterocycles. The van der Waals surface area contributed by atoms with Gasteiger partial charge in [-0.1, -0.05) is 34.1 Å². The molecule has 1 nitrogen and oxygen atoms in total. The van der Waals surface area contributed by atoms with E-state index in [-0.39, 0.29) is 5.82 Å². The van der Waals surface area contributed by atoms with Gasteiger partial charge in [0.25, 0.3) is 0 Å². The van der Waals surface area contributed by atoms with Crippen molar-refractivity contribution in [3.8, 4) is 0 Å². The Balaban J connectivity index is 2.02. The fourth-order valence-corrected chi connectivity index (χ4v) is 2.09. The summed E-state index contributed by atoms with van der Waals surface area (Å²) in [4.78, 5) is 0. The molecule has 0 amide bonds. The maximum Gasteiger partial charge on any atom is 0.129 e. The highest BCUT2D eigenvalue weighted by Crippen LogP contribution is 2.17. The number of rotatable bonds is 4. The topological polar surface area (TPSA) is 12.0 Å². The van der Waals surface area contributed by atoms with Gasteiger partial charge in [0.1, 0.15) is 5.82 Å². The molecule has 94 valence electrons. The first-order valence-corrected chi connectivity index (χ1v) is 6.84. The second-order valence-corrected chi connectivity index (χ2v) is 5.10. The highest BCUT2D eigenvalue weighted by Gasteiger charge is 2.02. The van der Waals surface area contributed by atoms with Gasteiger partial charge < -0.3 is 5.32 Å². The quantitative estimate of drug-likeness (QED) is 0.784. The van der Waals surface area contributed by atoms with E-state index < -0.39 is 0 Å². The third-order valence-electron chi connectivity index (χ3n) is 2.61. The largest absolute Gasteiger partial charge is 0.381 e. The molecular formula is C14H12BrClFN. The second kappa shape index (κ2) is 6.21. The van der Waals surface area contributed by atoms with Gasteiger partial charge in [-0.25, -0.2) is 4.39 Å². The van der Waals surface area contributed by atoms with E-state index in [9.17, 15) is 4.39 Å². The van der Waals surface area contributed by atoms with Crippen LogP contribution < -0.4 is 5.32 Å². The molecule has 0 radical (unpaired) electrons. The van der Waals surface area contributed by atoms with Crippen LogP contribution in [0, 0.1) is 5.82 Å². The van der Waals surface area contributed by atoms with Crippen molar-refractivity contribution in [1.29, 1.82) is 0 Å². The smallest absolute Gasteiger partial charge is 0.129 e. The van der Waals surface area contributed by atoms with E-state index in [2.05, 4.69) is 21.2 Å². The molecule has 2 aromatic carbocycles. The van der Waals surface area contributed by atoms with Gasteiger partial charge in [-0.05, 0) is 29.8 Å². The van der Waals surface area contributed by atoms with Crippen LogP contribution in [-0.4, -0.2) is 0 Å². The molecule has 0 unspecified atom stereocenters. The highest BCUT2D eigenvalue weighted by atomic mass is 79.9. The van der Waals surface area contributed by atoms with Crippen LogP contribution in [0.15, 0.2) is 46.9 Å². The standard InChI is InChI=1S/C14H12BrClFN/c15-12-4-3-11(14(17)7-12)9-18-13-5-1-10(8-16)2-6-13/h1-7,18H,8-9H2. The van der Waals surface area contributed by atoms with Crippen LogP contribution >= 0.6 is 27.5 Å². The first-order chi connectivity index (χ1) is 8.69. The Bertz CT molecular complexity index is 528. The molecule has 1 N–H and O–H groups in total. The molecule has 18 heavy (non-hydrogen) atoms. The lowest BCUT2D eigenvalue weighted by Crippen LogP contribution is -2.01. The van der Waals surface area contributed by atoms with Crippen LogP contribution in [0.3, 0.4) is 0 Å². The van der Waals surface area contributed by atoms with Crippen molar-refractivity contribution in [3.05, 3.63) is 63.9 Å². The van der Waals surface area contributed by atoms with Crippen molar-refractivity contribution < 1.29 is 4.39 Å². The number of benzene rings is 2. The van der Waals surface area contributed by atoms with E-state index in [0.29, 0.717) is 18.0 Å². The van der Waals surface area contributed by atoms with Crippen LogP contribution in [-0.2, 0) is 12.4 Å². The van der Waals surface area contributed by atoms with Gasteiger partial charge >= 0.3 is 0 Å². The summed E-state index contributed by atoms with van der Waals surface area (Å²) < 4.78 is 14.3. The van der Waals surface area contributed by atoms with Crippen molar-refractivity contribution in [2.45, 2.75) is 12.4 Å². The van der Waals surface area contributed by atoms with Crippen molar-refractivity contribution >= 4 is 33.2 Å². The van der Waals surface area contributed by atoms with Gasteiger partial charge in [0.05, 0.1) is 0 Å². The fraction of sp³-hybridized carbons (Fsp3) is 0.143. The lowest BCUT2D eigenvalue weighted by Gasteiger charge is -2.08. The number of hydrogen-bond donors (Lipinski definition) is 1. The first kappa shape index (κ1) is 13.4. The molecule has 0 bridgehead atoms. The Labute approximate surface area is 119 Å². The van der Waals surface area contributed by atoms with Crippen LogP contribution in [0.1, 0.15) is 11.1 Å². The van der Waals surface area contributed by atoms with Gasteiger partial charge in [0, 0.05) is 28.1 Å². The van der Waals surface area contributed by atoms with Crippen molar-refractivity contribution in [2.75, 3.05) is 5.32 Å². The molecule has 2 aromatic rings. The van der Waals surface area contributed by atoms with Gasteiger partial charge in [0.2, 0.25) is 0 Å². The van der Waals surface area contributed by atoms with Crippen LogP contribution in [0.5, 0.6) is 0 Å². The Kier molecular flexibility index (Phi) is 4.61. The van der Waals surface area contributed by atoms with E-state index >= 15 is 0 Å². The molecule has 2 rings (SSSR count). The minimum atomic E-state index is -0.214. The molecule has 0 fully saturated rings. The maximum atomic E-state index is 13.6. The Morgan fingerprint density at radius 1 is 1.11 bits per heavy atom. The monoisotopic (exact) mass is 327 g/mol. The SMILES string of the molecule is Fc1cc(Br)ccc1CNc1ccc(CCl)cc1. The van der Waals surface area contributed by atoms with Crippen molar-refractivity contribution in [3.63, 3.8) is 0 Å². The number of nitrogens with one attached hydrogen (secondary N) is 1. The van der Waals surface area contributed by atoms with E-state index in [1.807, 2.05) is 30.3 Å².